The van der Waals surface area contributed by atoms with E-state index in [9.17, 15) is 14.0 Å². The van der Waals surface area contributed by atoms with Gasteiger partial charge in [0.15, 0.2) is 5.78 Å². The molecule has 0 radical (unpaired) electrons. The number of benzene rings is 1. The number of halogens is 1. The van der Waals surface area contributed by atoms with Crippen molar-refractivity contribution in [3.05, 3.63) is 70.8 Å². The number of carbonyl (C=O) groups is 2. The van der Waals surface area contributed by atoms with Gasteiger partial charge >= 0.3 is 0 Å². The molecule has 0 saturated heterocycles. The van der Waals surface area contributed by atoms with Crippen molar-refractivity contribution in [3.63, 3.8) is 0 Å². The van der Waals surface area contributed by atoms with Crippen LogP contribution in [0.4, 0.5) is 4.39 Å². The van der Waals surface area contributed by atoms with Gasteiger partial charge < -0.3 is 0 Å². The van der Waals surface area contributed by atoms with Gasteiger partial charge in [-0.05, 0) is 96.1 Å². The molecule has 178 valence electrons. The highest BCUT2D eigenvalue weighted by atomic mass is 19.1. The van der Waals surface area contributed by atoms with Gasteiger partial charge in [-0.15, -0.1) is 0 Å². The standard InChI is InChI=1S/C30H34FNO2/c1-3-23(33)5-4-6-29(34)20-8-9-24-19(15-20)7-10-26-25(24)13-14-30(2)27(11-12-28(26)30)21-16-22(31)18-32-17-21/h8-9,11,15-18,25-26,28H,3-7,10,12-14H2,1-2H3/t25-,26-,28+,30-/m1/s1. The summed E-state index contributed by atoms with van der Waals surface area (Å²) in [6.45, 7) is 4.24. The summed E-state index contributed by atoms with van der Waals surface area (Å²) in [5.74, 6) is 1.82. The fourth-order valence-corrected chi connectivity index (χ4v) is 7.10. The van der Waals surface area contributed by atoms with Gasteiger partial charge in [-0.2, -0.15) is 0 Å². The van der Waals surface area contributed by atoms with Crippen molar-refractivity contribution >= 4 is 17.1 Å². The van der Waals surface area contributed by atoms with Crippen LogP contribution >= 0.6 is 0 Å². The molecule has 1 fully saturated rings. The molecule has 4 atom stereocenters. The number of ketones is 2. The molecule has 1 heterocycles. The van der Waals surface area contributed by atoms with Crippen LogP contribution in [0.3, 0.4) is 0 Å². The molecule has 4 heteroatoms. The molecule has 3 aliphatic rings. The van der Waals surface area contributed by atoms with E-state index in [2.05, 4.69) is 30.1 Å². The summed E-state index contributed by atoms with van der Waals surface area (Å²) in [5.41, 5.74) is 5.84. The number of rotatable bonds is 7. The number of pyridine rings is 1. The second kappa shape index (κ2) is 9.20. The molecule has 0 unspecified atom stereocenters. The topological polar surface area (TPSA) is 47.0 Å². The zero-order valence-electron chi connectivity index (χ0n) is 20.3. The van der Waals surface area contributed by atoms with Gasteiger partial charge in [-0.25, -0.2) is 4.39 Å². The van der Waals surface area contributed by atoms with Crippen molar-refractivity contribution in [1.29, 1.82) is 0 Å². The van der Waals surface area contributed by atoms with E-state index < -0.39 is 0 Å². The smallest absolute Gasteiger partial charge is 0.162 e. The summed E-state index contributed by atoms with van der Waals surface area (Å²) in [5, 5.41) is 0. The molecule has 34 heavy (non-hydrogen) atoms. The molecular formula is C30H34FNO2. The Hall–Kier alpha value is -2.62. The highest BCUT2D eigenvalue weighted by molar-refractivity contribution is 5.96. The van der Waals surface area contributed by atoms with Gasteiger partial charge in [0.25, 0.3) is 0 Å². The maximum atomic E-state index is 13.9. The van der Waals surface area contributed by atoms with Crippen LogP contribution in [-0.4, -0.2) is 16.6 Å². The van der Waals surface area contributed by atoms with Gasteiger partial charge in [-0.1, -0.05) is 32.1 Å². The third kappa shape index (κ3) is 4.06. The largest absolute Gasteiger partial charge is 0.300 e. The normalized spacial score (nSPS) is 27.4. The highest BCUT2D eigenvalue weighted by Crippen LogP contribution is 2.63. The Morgan fingerprint density at radius 1 is 1.15 bits per heavy atom. The minimum atomic E-state index is -0.270. The van der Waals surface area contributed by atoms with Crippen molar-refractivity contribution < 1.29 is 14.0 Å². The molecule has 5 rings (SSSR count). The minimum absolute atomic E-state index is 0.0694. The van der Waals surface area contributed by atoms with E-state index in [0.29, 0.717) is 43.4 Å². The molecular weight excluding hydrogens is 425 g/mol. The molecule has 0 N–H and O–H groups in total. The summed E-state index contributed by atoms with van der Waals surface area (Å²) in [6.07, 6.45) is 13.0. The van der Waals surface area contributed by atoms with Crippen molar-refractivity contribution in [1.82, 2.24) is 4.98 Å². The Balaban J connectivity index is 1.32. The quantitative estimate of drug-likeness (QED) is 0.415. The zero-order chi connectivity index (χ0) is 23.9. The average molecular weight is 460 g/mol. The number of allylic oxidation sites excluding steroid dienone is 2. The van der Waals surface area contributed by atoms with Gasteiger partial charge in [-0.3, -0.25) is 14.6 Å². The van der Waals surface area contributed by atoms with Crippen LogP contribution in [-0.2, 0) is 11.2 Å². The predicted octanol–water partition coefficient (Wildman–Crippen LogP) is 7.10. The monoisotopic (exact) mass is 459 g/mol. The number of aryl methyl sites for hydroxylation is 1. The number of Topliss-reactive ketones (excluding diaryl/α,β-unsaturated/α-hetero) is 2. The molecule has 0 bridgehead atoms. The van der Waals surface area contributed by atoms with E-state index >= 15 is 0 Å². The van der Waals surface area contributed by atoms with E-state index in [-0.39, 0.29) is 22.8 Å². The second-order valence-corrected chi connectivity index (χ2v) is 10.7. The molecule has 0 amide bonds. The van der Waals surface area contributed by atoms with Crippen molar-refractivity contribution in [2.75, 3.05) is 0 Å². The van der Waals surface area contributed by atoms with Gasteiger partial charge in [0.2, 0.25) is 0 Å². The van der Waals surface area contributed by atoms with E-state index in [1.807, 2.05) is 19.2 Å². The van der Waals surface area contributed by atoms with Gasteiger partial charge in [0.05, 0.1) is 6.20 Å². The lowest BCUT2D eigenvalue weighted by Crippen LogP contribution is -2.41. The first-order chi connectivity index (χ1) is 16.4. The molecule has 3 aliphatic carbocycles. The molecule has 1 saturated carbocycles. The molecule has 1 aromatic heterocycles. The number of carbonyl (C=O) groups excluding carboxylic acids is 2. The number of hydrogen-bond acceptors (Lipinski definition) is 3. The third-order valence-electron chi connectivity index (χ3n) is 8.90. The number of nitrogens with zero attached hydrogens (tertiary/aromatic N) is 1. The van der Waals surface area contributed by atoms with Crippen molar-refractivity contribution in [2.45, 2.75) is 77.6 Å². The van der Waals surface area contributed by atoms with Crippen LogP contribution in [0.2, 0.25) is 0 Å². The lowest BCUT2D eigenvalue weighted by Gasteiger charge is -2.50. The van der Waals surface area contributed by atoms with Crippen LogP contribution in [0.25, 0.3) is 5.57 Å². The van der Waals surface area contributed by atoms with Crippen LogP contribution in [0.15, 0.2) is 42.7 Å². The van der Waals surface area contributed by atoms with Gasteiger partial charge in [0, 0.05) is 31.0 Å². The highest BCUT2D eigenvalue weighted by Gasteiger charge is 2.52. The first-order valence-corrected chi connectivity index (χ1v) is 12.9. The Morgan fingerprint density at radius 2 is 2.00 bits per heavy atom. The average Bonchev–Trinajstić information content (AvgIpc) is 3.20. The number of aromatic nitrogens is 1. The van der Waals surface area contributed by atoms with E-state index in [4.69, 9.17) is 0 Å². The molecule has 3 nitrogen and oxygen atoms in total. The third-order valence-corrected chi connectivity index (χ3v) is 8.90. The van der Waals surface area contributed by atoms with Crippen LogP contribution in [0.1, 0.15) is 98.2 Å². The Morgan fingerprint density at radius 3 is 2.79 bits per heavy atom. The maximum Gasteiger partial charge on any atom is 0.162 e. The summed E-state index contributed by atoms with van der Waals surface area (Å²) in [4.78, 5) is 28.4. The summed E-state index contributed by atoms with van der Waals surface area (Å²) >= 11 is 0. The van der Waals surface area contributed by atoms with Crippen LogP contribution in [0, 0.1) is 23.1 Å². The number of fused-ring (bicyclic) bond motifs is 5. The zero-order valence-corrected chi connectivity index (χ0v) is 20.3. The maximum absolute atomic E-state index is 13.9. The molecule has 1 aromatic carbocycles. The van der Waals surface area contributed by atoms with E-state index in [1.54, 1.807) is 6.07 Å². The van der Waals surface area contributed by atoms with E-state index in [0.717, 1.165) is 43.2 Å². The summed E-state index contributed by atoms with van der Waals surface area (Å²) < 4.78 is 13.9. The predicted molar refractivity (Wildman–Crippen MR) is 132 cm³/mol. The minimum Gasteiger partial charge on any atom is -0.300 e. The van der Waals surface area contributed by atoms with Crippen molar-refractivity contribution in [3.8, 4) is 0 Å². The lowest BCUT2D eigenvalue weighted by atomic mass is 9.54. The van der Waals surface area contributed by atoms with Gasteiger partial charge in [0.1, 0.15) is 11.6 Å². The number of hydrogen-bond donors (Lipinski definition) is 0. The Labute approximate surface area is 201 Å². The second-order valence-electron chi connectivity index (χ2n) is 10.7. The van der Waals surface area contributed by atoms with E-state index in [1.165, 1.54) is 22.9 Å². The first kappa shape index (κ1) is 23.1. The fraction of sp³-hybridized carbons (Fsp3) is 0.500. The lowest BCUT2D eigenvalue weighted by molar-refractivity contribution is -0.118. The van der Waals surface area contributed by atoms with Crippen molar-refractivity contribution in [2.24, 2.45) is 17.3 Å². The Bertz CT molecular complexity index is 1150. The molecule has 0 spiro atoms. The van der Waals surface area contributed by atoms with Crippen LogP contribution < -0.4 is 0 Å². The summed E-state index contributed by atoms with van der Waals surface area (Å²) in [6, 6.07) is 7.97. The SMILES string of the molecule is CCC(=O)CCCC(=O)c1ccc2c(c1)CC[C@@H]1[C@@H]2CC[C@]2(C)C(c3cncc(F)c3)=CC[C@@H]12. The Kier molecular flexibility index (Phi) is 6.26. The van der Waals surface area contributed by atoms with Crippen LogP contribution in [0.5, 0.6) is 0 Å². The summed E-state index contributed by atoms with van der Waals surface area (Å²) in [7, 11) is 0. The molecule has 0 aliphatic heterocycles. The first-order valence-electron chi connectivity index (χ1n) is 12.9. The molecule has 2 aromatic rings. The fourth-order valence-electron chi connectivity index (χ4n) is 7.10.